The molecule has 2 bridgehead atoms. The molecule has 7 rings (SSSR count). The van der Waals surface area contributed by atoms with Crippen LogP contribution in [-0.4, -0.2) is 54.7 Å². The highest BCUT2D eigenvalue weighted by Gasteiger charge is 2.44. The molecule has 1 saturated carbocycles. The predicted octanol–water partition coefficient (Wildman–Crippen LogP) is 7.30. The second-order valence-corrected chi connectivity index (χ2v) is 16.8. The van der Waals surface area contributed by atoms with Crippen LogP contribution in [0.1, 0.15) is 76.6 Å². The highest BCUT2D eigenvalue weighted by molar-refractivity contribution is 7.92. The maximum atomic E-state index is 14.4. The largest absolute Gasteiger partial charge is 0.490 e. The van der Waals surface area contributed by atoms with Crippen molar-refractivity contribution in [2.75, 3.05) is 37.5 Å². The van der Waals surface area contributed by atoms with E-state index in [-0.39, 0.29) is 28.8 Å². The standard InChI is InChI=1S/C38H44ClN3O6S/c1-24-6-4-8-34(46-3)31-12-9-28(31)19-42-22-38(15-5-7-26-17-30(39)11-13-32(26)38)23-48-35-14-10-27(18-33(35)42)36(43)40-49(45,21-24)41-37(44)29-16-25(2)47-20-29/h4,8,10-11,13-14,16-18,20,24,28,31,34H,5-7,9,12,15,19,21-23H2,1-3H3,(H,40,41,43,44,45)/b8-4-/t24-,28-,31+,34-,38-,49?/m0/s1. The third-order valence-corrected chi connectivity index (χ3v) is 13.0. The Labute approximate surface area is 293 Å². The van der Waals surface area contributed by atoms with E-state index in [2.05, 4.69) is 38.3 Å². The summed E-state index contributed by atoms with van der Waals surface area (Å²) in [6, 6.07) is 13.1. The minimum Gasteiger partial charge on any atom is -0.490 e. The van der Waals surface area contributed by atoms with E-state index in [1.54, 1.807) is 26.2 Å². The third-order valence-electron chi connectivity index (χ3n) is 10.8. The van der Waals surface area contributed by atoms with Crippen molar-refractivity contribution in [1.29, 1.82) is 0 Å². The van der Waals surface area contributed by atoms with Gasteiger partial charge in [0.15, 0.2) is 0 Å². The number of benzene rings is 2. The summed E-state index contributed by atoms with van der Waals surface area (Å²) in [5.74, 6) is 0.581. The normalized spacial score (nSPS) is 30.5. The molecule has 49 heavy (non-hydrogen) atoms. The van der Waals surface area contributed by atoms with Crippen molar-refractivity contribution in [2.24, 2.45) is 22.1 Å². The van der Waals surface area contributed by atoms with Gasteiger partial charge in [0, 0.05) is 36.2 Å². The van der Waals surface area contributed by atoms with Crippen LogP contribution in [0.25, 0.3) is 0 Å². The molecule has 4 aliphatic rings. The van der Waals surface area contributed by atoms with Gasteiger partial charge in [0.1, 0.15) is 27.7 Å². The van der Waals surface area contributed by atoms with E-state index in [0.29, 0.717) is 48.5 Å². The molecule has 6 atom stereocenters. The van der Waals surface area contributed by atoms with Gasteiger partial charge in [-0.2, -0.15) is 0 Å². The fourth-order valence-corrected chi connectivity index (χ4v) is 10.2. The zero-order chi connectivity index (χ0) is 34.3. The molecule has 260 valence electrons. The topological polar surface area (TPSA) is 110 Å². The maximum Gasteiger partial charge on any atom is 0.286 e. The zero-order valence-electron chi connectivity index (χ0n) is 28.3. The summed E-state index contributed by atoms with van der Waals surface area (Å²) in [4.78, 5) is 29.5. The first kappa shape index (κ1) is 33.9. The number of aryl methyl sites for hydroxylation is 2. The molecule has 3 heterocycles. The lowest BCUT2D eigenvalue weighted by Crippen LogP contribution is -2.49. The summed E-state index contributed by atoms with van der Waals surface area (Å²) in [5, 5.41) is 0.739. The number of halogens is 1. The van der Waals surface area contributed by atoms with Crippen LogP contribution in [0.3, 0.4) is 0 Å². The van der Waals surface area contributed by atoms with E-state index in [1.807, 2.05) is 25.1 Å². The third kappa shape index (κ3) is 6.92. The second-order valence-electron chi connectivity index (χ2n) is 14.3. The highest BCUT2D eigenvalue weighted by Crippen LogP contribution is 2.47. The number of furan rings is 1. The van der Waals surface area contributed by atoms with Gasteiger partial charge < -0.3 is 18.8 Å². The molecule has 1 unspecified atom stereocenters. The molecular weight excluding hydrogens is 662 g/mol. The van der Waals surface area contributed by atoms with Crippen molar-refractivity contribution < 1.29 is 27.7 Å². The van der Waals surface area contributed by atoms with E-state index in [4.69, 9.17) is 25.5 Å². The summed E-state index contributed by atoms with van der Waals surface area (Å²) in [6.07, 6.45) is 11.2. The number of methoxy groups -OCH3 is 1. The van der Waals surface area contributed by atoms with Gasteiger partial charge in [-0.05, 0) is 111 Å². The Morgan fingerprint density at radius 1 is 1.18 bits per heavy atom. The molecule has 11 heteroatoms. The number of anilines is 1. The molecule has 1 aromatic heterocycles. The van der Waals surface area contributed by atoms with Gasteiger partial charge in [-0.15, -0.1) is 4.36 Å². The molecule has 3 aromatic rings. The highest BCUT2D eigenvalue weighted by atomic mass is 35.5. The fourth-order valence-electron chi connectivity index (χ4n) is 8.13. The molecule has 1 fully saturated rings. The van der Waals surface area contributed by atoms with Gasteiger partial charge >= 0.3 is 0 Å². The second kappa shape index (κ2) is 13.6. The van der Waals surface area contributed by atoms with Crippen LogP contribution in [0.5, 0.6) is 5.75 Å². The summed E-state index contributed by atoms with van der Waals surface area (Å²) in [6.45, 7) is 5.67. The first-order valence-electron chi connectivity index (χ1n) is 17.2. The number of ether oxygens (including phenoxy) is 2. The van der Waals surface area contributed by atoms with Gasteiger partial charge in [-0.1, -0.05) is 36.7 Å². The van der Waals surface area contributed by atoms with Crippen LogP contribution in [0.4, 0.5) is 5.69 Å². The molecule has 9 nitrogen and oxygen atoms in total. The number of fused-ring (bicyclic) bond motifs is 4. The molecular formula is C38H44ClN3O6S. The summed E-state index contributed by atoms with van der Waals surface area (Å²) in [7, 11) is -1.76. The fraction of sp³-hybridized carbons (Fsp3) is 0.474. The number of nitrogens with zero attached hydrogens (tertiary/aromatic N) is 2. The Kier molecular flexibility index (Phi) is 9.41. The van der Waals surface area contributed by atoms with Crippen molar-refractivity contribution in [3.05, 3.63) is 93.9 Å². The van der Waals surface area contributed by atoms with Gasteiger partial charge in [0.05, 0.1) is 29.7 Å². The van der Waals surface area contributed by atoms with E-state index in [9.17, 15) is 13.8 Å². The van der Waals surface area contributed by atoms with Gasteiger partial charge in [0.25, 0.3) is 11.8 Å². The molecule has 2 amide bonds. The van der Waals surface area contributed by atoms with Gasteiger partial charge in [-0.25, -0.2) is 4.21 Å². The molecule has 2 aliphatic heterocycles. The number of rotatable bonds is 3. The molecule has 0 saturated heterocycles. The molecule has 0 radical (unpaired) electrons. The van der Waals surface area contributed by atoms with Crippen molar-refractivity contribution in [3.8, 4) is 5.75 Å². The Morgan fingerprint density at radius 2 is 2.04 bits per heavy atom. The lowest BCUT2D eigenvalue weighted by Gasteiger charge is -2.46. The molecule has 2 aliphatic carbocycles. The number of hydrogen-bond acceptors (Lipinski definition) is 7. The number of allylic oxidation sites excluding steroid dienone is 1. The van der Waals surface area contributed by atoms with Crippen molar-refractivity contribution >= 4 is 39.0 Å². The van der Waals surface area contributed by atoms with Gasteiger partial charge in [0.2, 0.25) is 0 Å². The molecule has 2 aromatic carbocycles. The van der Waals surface area contributed by atoms with Crippen LogP contribution < -0.4 is 14.4 Å². The van der Waals surface area contributed by atoms with Crippen LogP contribution in [0, 0.1) is 24.7 Å². The lowest BCUT2D eigenvalue weighted by atomic mass is 9.68. The van der Waals surface area contributed by atoms with E-state index in [0.717, 1.165) is 49.4 Å². The number of hydrogen-bond donors (Lipinski definition) is 1. The maximum absolute atomic E-state index is 14.4. The number of amides is 2. The van der Waals surface area contributed by atoms with E-state index < -0.39 is 21.7 Å². The first-order valence-corrected chi connectivity index (χ1v) is 19.3. The Hall–Kier alpha value is -3.60. The summed E-state index contributed by atoms with van der Waals surface area (Å²) in [5.41, 5.74) is 3.61. The minimum absolute atomic E-state index is 0.00147. The SMILES string of the molecule is CO[C@H]1/C=C\C[C@H](C)CS(=O)(NC(=O)c2coc(C)c2)=NC(=O)c2ccc3c(c2)N(C[C@@H]2CC[C@H]21)C[C@@]1(CCCc2cc(Cl)ccc21)CO3. The minimum atomic E-state index is -3.52. The monoisotopic (exact) mass is 705 g/mol. The van der Waals surface area contributed by atoms with Crippen LogP contribution >= 0.6 is 11.6 Å². The molecule has 1 spiro atoms. The van der Waals surface area contributed by atoms with Gasteiger partial charge in [-0.3, -0.25) is 14.3 Å². The van der Waals surface area contributed by atoms with Crippen LogP contribution in [0.15, 0.2) is 69.7 Å². The summed E-state index contributed by atoms with van der Waals surface area (Å²) >= 11 is 6.45. The smallest absolute Gasteiger partial charge is 0.286 e. The Bertz CT molecular complexity index is 1910. The van der Waals surface area contributed by atoms with Crippen molar-refractivity contribution in [1.82, 2.24) is 4.72 Å². The average Bonchev–Trinajstić information content (AvgIpc) is 3.43. The Balaban J connectivity index is 1.31. The lowest BCUT2D eigenvalue weighted by molar-refractivity contribution is 0.0131. The van der Waals surface area contributed by atoms with E-state index in [1.165, 1.54) is 17.4 Å². The quantitative estimate of drug-likeness (QED) is 0.285. The van der Waals surface area contributed by atoms with Crippen molar-refractivity contribution in [2.45, 2.75) is 63.9 Å². The number of carbonyl (C=O) groups is 2. The van der Waals surface area contributed by atoms with Crippen LogP contribution in [0.2, 0.25) is 5.02 Å². The summed E-state index contributed by atoms with van der Waals surface area (Å²) < 4.78 is 39.2. The Morgan fingerprint density at radius 3 is 2.80 bits per heavy atom. The zero-order valence-corrected chi connectivity index (χ0v) is 29.9. The molecule has 1 N–H and O–H groups in total. The predicted molar refractivity (Wildman–Crippen MR) is 191 cm³/mol. The van der Waals surface area contributed by atoms with Crippen LogP contribution in [-0.2, 0) is 26.5 Å². The number of nitrogens with one attached hydrogen (secondary N) is 1. The average molecular weight is 706 g/mol. The van der Waals surface area contributed by atoms with Crippen molar-refractivity contribution in [3.63, 3.8) is 0 Å². The number of carbonyl (C=O) groups excluding carboxylic acids is 2. The first-order chi connectivity index (χ1) is 23.5. The van der Waals surface area contributed by atoms with E-state index >= 15 is 0 Å².